The fourth-order valence-corrected chi connectivity index (χ4v) is 2.13. The highest BCUT2D eigenvalue weighted by Crippen LogP contribution is 2.27. The minimum atomic E-state index is 0.555. The largest absolute Gasteiger partial charge is 0.314 e. The van der Waals surface area contributed by atoms with Crippen molar-refractivity contribution in [3.63, 3.8) is 0 Å². The van der Waals surface area contributed by atoms with E-state index in [1.807, 2.05) is 0 Å². The number of alkyl halides is 1. The van der Waals surface area contributed by atoms with E-state index in [2.05, 4.69) is 68.5 Å². The van der Waals surface area contributed by atoms with Crippen molar-refractivity contribution in [2.75, 3.05) is 6.54 Å². The Labute approximate surface area is 104 Å². The highest BCUT2D eigenvalue weighted by atomic mass is 79.9. The van der Waals surface area contributed by atoms with Crippen molar-refractivity contribution in [1.29, 1.82) is 0 Å². The Morgan fingerprint density at radius 3 is 2.07 bits per heavy atom. The molecule has 15 heavy (non-hydrogen) atoms. The van der Waals surface area contributed by atoms with Gasteiger partial charge in [0.25, 0.3) is 0 Å². The van der Waals surface area contributed by atoms with Crippen LogP contribution in [-0.2, 0) is 0 Å². The topological polar surface area (TPSA) is 12.0 Å². The van der Waals surface area contributed by atoms with Gasteiger partial charge in [-0.1, -0.05) is 56.6 Å². The molecule has 0 bridgehead atoms. The molecular weight excluding hydrogens is 250 g/mol. The van der Waals surface area contributed by atoms with E-state index in [4.69, 9.17) is 0 Å². The monoisotopic (exact) mass is 275 g/mol. The van der Waals surface area contributed by atoms with Gasteiger partial charge in [0.05, 0.1) is 0 Å². The van der Waals surface area contributed by atoms with E-state index < -0.39 is 0 Å². The maximum Gasteiger partial charge on any atom is 0.0146 e. The second kappa shape index (κ2) is 7.45. The third-order valence-corrected chi connectivity index (χ3v) is 4.04. The normalized spacial score (nSPS) is 19.7. The molecule has 2 heteroatoms. The highest BCUT2D eigenvalue weighted by molar-refractivity contribution is 9.09. The summed E-state index contributed by atoms with van der Waals surface area (Å²) >= 11 is 3.68. The SMILES string of the molecule is C=CC(C)[C@@H](CNC(C)C)[C@H](C)[C@H](C)Br. The van der Waals surface area contributed by atoms with Gasteiger partial charge in [-0.15, -0.1) is 6.58 Å². The molecule has 0 spiro atoms. The molecule has 0 saturated carbocycles. The number of nitrogens with one attached hydrogen (secondary N) is 1. The molecular formula is C13H26BrN. The fourth-order valence-electron chi connectivity index (χ4n) is 1.74. The van der Waals surface area contributed by atoms with Crippen LogP contribution in [0.5, 0.6) is 0 Å². The van der Waals surface area contributed by atoms with Crippen LogP contribution >= 0.6 is 15.9 Å². The zero-order valence-electron chi connectivity index (χ0n) is 10.8. The van der Waals surface area contributed by atoms with Crippen LogP contribution < -0.4 is 5.32 Å². The Hall–Kier alpha value is 0.180. The maximum atomic E-state index is 3.91. The van der Waals surface area contributed by atoms with E-state index in [0.29, 0.717) is 28.6 Å². The van der Waals surface area contributed by atoms with Crippen LogP contribution in [0, 0.1) is 17.8 Å². The van der Waals surface area contributed by atoms with Crippen molar-refractivity contribution in [3.05, 3.63) is 12.7 Å². The van der Waals surface area contributed by atoms with Gasteiger partial charge < -0.3 is 5.32 Å². The summed E-state index contributed by atoms with van der Waals surface area (Å²) in [7, 11) is 0. The fraction of sp³-hybridized carbons (Fsp3) is 0.846. The van der Waals surface area contributed by atoms with E-state index in [1.165, 1.54) is 0 Å². The van der Waals surface area contributed by atoms with Crippen molar-refractivity contribution in [1.82, 2.24) is 5.32 Å². The molecule has 0 radical (unpaired) electrons. The first-order valence-electron chi connectivity index (χ1n) is 5.90. The van der Waals surface area contributed by atoms with E-state index in [9.17, 15) is 0 Å². The van der Waals surface area contributed by atoms with Gasteiger partial charge in [-0.2, -0.15) is 0 Å². The van der Waals surface area contributed by atoms with Crippen LogP contribution in [0.2, 0.25) is 0 Å². The number of allylic oxidation sites excluding steroid dienone is 1. The number of hydrogen-bond acceptors (Lipinski definition) is 1. The molecule has 0 aromatic carbocycles. The predicted molar refractivity (Wildman–Crippen MR) is 73.5 cm³/mol. The van der Waals surface area contributed by atoms with Gasteiger partial charge in [0.1, 0.15) is 0 Å². The van der Waals surface area contributed by atoms with E-state index in [1.54, 1.807) is 0 Å². The van der Waals surface area contributed by atoms with Crippen LogP contribution in [0.1, 0.15) is 34.6 Å². The van der Waals surface area contributed by atoms with Crippen molar-refractivity contribution < 1.29 is 0 Å². The summed E-state index contributed by atoms with van der Waals surface area (Å²) in [4.78, 5) is 0.555. The predicted octanol–water partition coefficient (Wildman–Crippen LogP) is 3.84. The molecule has 0 aliphatic rings. The lowest BCUT2D eigenvalue weighted by Gasteiger charge is -2.30. The summed E-state index contributed by atoms with van der Waals surface area (Å²) in [5.41, 5.74) is 0. The smallest absolute Gasteiger partial charge is 0.0146 e. The third kappa shape index (κ3) is 5.72. The van der Waals surface area contributed by atoms with Gasteiger partial charge in [-0.3, -0.25) is 0 Å². The average molecular weight is 276 g/mol. The van der Waals surface area contributed by atoms with Crippen molar-refractivity contribution >= 4 is 15.9 Å². The van der Waals surface area contributed by atoms with Crippen LogP contribution in [0.25, 0.3) is 0 Å². The van der Waals surface area contributed by atoms with Crippen molar-refractivity contribution in [3.8, 4) is 0 Å². The lowest BCUT2D eigenvalue weighted by atomic mass is 9.82. The van der Waals surface area contributed by atoms with Crippen LogP contribution in [-0.4, -0.2) is 17.4 Å². The van der Waals surface area contributed by atoms with Gasteiger partial charge >= 0.3 is 0 Å². The molecule has 90 valence electrons. The lowest BCUT2D eigenvalue weighted by molar-refractivity contribution is 0.275. The molecule has 1 N–H and O–H groups in total. The minimum Gasteiger partial charge on any atom is -0.314 e. The van der Waals surface area contributed by atoms with Gasteiger partial charge in [-0.05, 0) is 24.3 Å². The Kier molecular flexibility index (Phi) is 7.54. The molecule has 1 unspecified atom stereocenters. The summed E-state index contributed by atoms with van der Waals surface area (Å²) in [6.45, 7) is 16.2. The molecule has 0 saturated heterocycles. The van der Waals surface area contributed by atoms with Crippen LogP contribution in [0.15, 0.2) is 12.7 Å². The highest BCUT2D eigenvalue weighted by Gasteiger charge is 2.24. The van der Waals surface area contributed by atoms with Gasteiger partial charge in [0, 0.05) is 10.9 Å². The number of halogens is 1. The van der Waals surface area contributed by atoms with E-state index >= 15 is 0 Å². The first-order valence-corrected chi connectivity index (χ1v) is 6.81. The summed E-state index contributed by atoms with van der Waals surface area (Å²) in [6, 6.07) is 0.558. The first-order chi connectivity index (χ1) is 6.90. The Balaban J connectivity index is 4.36. The molecule has 0 aromatic rings. The first kappa shape index (κ1) is 15.2. The lowest BCUT2D eigenvalue weighted by Crippen LogP contribution is -2.36. The molecule has 0 aliphatic carbocycles. The summed E-state index contributed by atoms with van der Waals surface area (Å²) < 4.78 is 0. The number of hydrogen-bond donors (Lipinski definition) is 1. The third-order valence-electron chi connectivity index (χ3n) is 3.21. The van der Waals surface area contributed by atoms with Crippen LogP contribution in [0.4, 0.5) is 0 Å². The van der Waals surface area contributed by atoms with Crippen LogP contribution in [0.3, 0.4) is 0 Å². The van der Waals surface area contributed by atoms with E-state index in [-0.39, 0.29) is 0 Å². The molecule has 0 aliphatic heterocycles. The Bertz CT molecular complexity index is 177. The van der Waals surface area contributed by atoms with Crippen molar-refractivity contribution in [2.45, 2.75) is 45.5 Å². The van der Waals surface area contributed by atoms with Crippen molar-refractivity contribution in [2.24, 2.45) is 17.8 Å². The molecule has 1 nitrogen and oxygen atoms in total. The zero-order valence-corrected chi connectivity index (χ0v) is 12.3. The Morgan fingerprint density at radius 1 is 1.20 bits per heavy atom. The minimum absolute atomic E-state index is 0.555. The van der Waals surface area contributed by atoms with E-state index in [0.717, 1.165) is 6.54 Å². The molecule has 0 fully saturated rings. The summed E-state index contributed by atoms with van der Waals surface area (Å²) in [5, 5.41) is 3.53. The van der Waals surface area contributed by atoms with Gasteiger partial charge in [0.15, 0.2) is 0 Å². The number of rotatable bonds is 7. The van der Waals surface area contributed by atoms with Gasteiger partial charge in [0.2, 0.25) is 0 Å². The molecule has 4 atom stereocenters. The van der Waals surface area contributed by atoms with Gasteiger partial charge in [-0.25, -0.2) is 0 Å². The maximum absolute atomic E-state index is 3.91. The second-order valence-corrected chi connectivity index (χ2v) is 6.30. The molecule has 0 aromatic heterocycles. The molecule has 0 amide bonds. The Morgan fingerprint density at radius 2 is 1.73 bits per heavy atom. The standard InChI is InChI=1S/C13H26BrN/c1-7-10(4)13(8-15-9(2)3)11(5)12(6)14/h7,9-13,15H,1,8H2,2-6H3/t10?,11-,12+,13-/m1/s1. The second-order valence-electron chi connectivity index (χ2n) is 4.86. The summed E-state index contributed by atoms with van der Waals surface area (Å²) in [5.74, 6) is 1.87. The zero-order chi connectivity index (χ0) is 12.0. The summed E-state index contributed by atoms with van der Waals surface area (Å²) in [6.07, 6.45) is 2.07. The molecule has 0 rings (SSSR count). The average Bonchev–Trinajstić information content (AvgIpc) is 2.16. The quantitative estimate of drug-likeness (QED) is 0.550. The molecule has 0 heterocycles.